The van der Waals surface area contributed by atoms with Crippen molar-refractivity contribution < 1.29 is 33.8 Å². The predicted molar refractivity (Wildman–Crippen MR) is 146 cm³/mol. The van der Waals surface area contributed by atoms with E-state index < -0.39 is 59.4 Å². The molecule has 2 heterocycles. The first-order valence-electron chi connectivity index (χ1n) is 11.9. The molecule has 1 aromatic heterocycles. The first-order chi connectivity index (χ1) is 18.7. The van der Waals surface area contributed by atoms with E-state index in [2.05, 4.69) is 5.32 Å². The van der Waals surface area contributed by atoms with E-state index in [1.807, 2.05) is 0 Å². The van der Waals surface area contributed by atoms with Gasteiger partial charge in [-0.25, -0.2) is 0 Å². The summed E-state index contributed by atoms with van der Waals surface area (Å²) in [6, 6.07) is 13.1. The summed E-state index contributed by atoms with van der Waals surface area (Å²) in [5.74, 6) is -5.88. The highest BCUT2D eigenvalue weighted by molar-refractivity contribution is 7.12. The molecular formula is C28H25Cl2NO7S. The van der Waals surface area contributed by atoms with Crippen LogP contribution in [0.1, 0.15) is 33.0 Å². The Morgan fingerprint density at radius 2 is 1.31 bits per heavy atom. The number of benzene rings is 2. The van der Waals surface area contributed by atoms with Crippen LogP contribution in [0, 0.1) is 11.8 Å². The fraction of sp³-hybridized carbons (Fsp3) is 0.286. The Bertz CT molecular complexity index is 1350. The van der Waals surface area contributed by atoms with Crippen molar-refractivity contribution in [2.75, 3.05) is 14.2 Å². The lowest BCUT2D eigenvalue weighted by atomic mass is 9.76. The third-order valence-corrected chi connectivity index (χ3v) is 8.15. The van der Waals surface area contributed by atoms with Crippen molar-refractivity contribution in [2.24, 2.45) is 11.8 Å². The van der Waals surface area contributed by atoms with Crippen LogP contribution in [-0.2, 0) is 23.9 Å². The number of thiophene rings is 1. The summed E-state index contributed by atoms with van der Waals surface area (Å²) in [5, 5.41) is 15.5. The lowest BCUT2D eigenvalue weighted by Crippen LogP contribution is -2.45. The third kappa shape index (κ3) is 5.99. The highest BCUT2D eigenvalue weighted by atomic mass is 35.5. The van der Waals surface area contributed by atoms with E-state index >= 15 is 0 Å². The van der Waals surface area contributed by atoms with Crippen LogP contribution in [0.4, 0.5) is 0 Å². The molecule has 6 atom stereocenters. The second-order valence-corrected chi connectivity index (χ2v) is 10.8. The summed E-state index contributed by atoms with van der Waals surface area (Å²) < 4.78 is 11.0. The molecule has 4 unspecified atom stereocenters. The molecule has 4 rings (SSSR count). The fourth-order valence-corrected chi connectivity index (χ4v) is 5.95. The van der Waals surface area contributed by atoms with Crippen LogP contribution in [0.2, 0.25) is 10.0 Å². The van der Waals surface area contributed by atoms with Crippen LogP contribution in [0.5, 0.6) is 0 Å². The maximum absolute atomic E-state index is 14.0. The maximum Gasteiger partial charge on any atom is 0.321 e. The van der Waals surface area contributed by atoms with E-state index in [0.29, 0.717) is 26.0 Å². The van der Waals surface area contributed by atoms with Crippen LogP contribution in [0.15, 0.2) is 66.0 Å². The number of carboxylic acids is 1. The van der Waals surface area contributed by atoms with Gasteiger partial charge < -0.3 is 14.6 Å². The Morgan fingerprint density at radius 3 is 1.74 bits per heavy atom. The van der Waals surface area contributed by atoms with E-state index in [4.69, 9.17) is 32.7 Å². The van der Waals surface area contributed by atoms with Gasteiger partial charge in [0.15, 0.2) is 17.3 Å². The fourth-order valence-electron chi connectivity index (χ4n) is 4.98. The molecule has 0 amide bonds. The molecule has 2 N–H and O–H groups in total. The highest BCUT2D eigenvalue weighted by Gasteiger charge is 2.57. The largest absolute Gasteiger partial charge is 0.480 e. The third-order valence-electron chi connectivity index (χ3n) is 6.77. The molecule has 11 heteroatoms. The number of halogens is 2. The van der Waals surface area contributed by atoms with Gasteiger partial charge in [-0.05, 0) is 46.8 Å². The molecule has 0 saturated carbocycles. The molecule has 3 aromatic rings. The molecule has 0 bridgehead atoms. The number of methoxy groups -OCH3 is 2. The Kier molecular flexibility index (Phi) is 9.32. The number of ether oxygens (including phenoxy) is 2. The summed E-state index contributed by atoms with van der Waals surface area (Å²) in [6.45, 7) is 0. The van der Waals surface area contributed by atoms with Crippen LogP contribution >= 0.6 is 34.5 Å². The Balaban J connectivity index is 1.79. The topological polar surface area (TPSA) is 119 Å². The molecule has 1 saturated heterocycles. The minimum atomic E-state index is -1.53. The van der Waals surface area contributed by atoms with Crippen LogP contribution in [0.3, 0.4) is 0 Å². The van der Waals surface area contributed by atoms with Gasteiger partial charge in [0.25, 0.3) is 0 Å². The number of carbonyl (C=O) groups is 4. The van der Waals surface area contributed by atoms with Gasteiger partial charge in [0.05, 0.1) is 22.8 Å². The van der Waals surface area contributed by atoms with Crippen LogP contribution < -0.4 is 5.32 Å². The number of aliphatic carboxylic acids is 1. The number of hydrogen-bond acceptors (Lipinski definition) is 8. The van der Waals surface area contributed by atoms with Gasteiger partial charge >= 0.3 is 5.97 Å². The number of nitrogens with one attached hydrogen (secondary N) is 1. The van der Waals surface area contributed by atoms with E-state index in [9.17, 15) is 24.3 Å². The van der Waals surface area contributed by atoms with Gasteiger partial charge in [0.2, 0.25) is 0 Å². The van der Waals surface area contributed by atoms with Crippen molar-refractivity contribution in [1.82, 2.24) is 5.32 Å². The normalized spacial score (nSPS) is 22.3. The van der Waals surface area contributed by atoms with Gasteiger partial charge in [-0.3, -0.25) is 24.5 Å². The quantitative estimate of drug-likeness (QED) is 0.306. The Labute approximate surface area is 238 Å². The van der Waals surface area contributed by atoms with Crippen molar-refractivity contribution in [3.05, 3.63) is 92.1 Å². The minimum Gasteiger partial charge on any atom is -0.480 e. The van der Waals surface area contributed by atoms with E-state index in [1.54, 1.807) is 66.0 Å². The van der Waals surface area contributed by atoms with E-state index in [0.717, 1.165) is 11.3 Å². The van der Waals surface area contributed by atoms with E-state index in [-0.39, 0.29) is 0 Å². The molecule has 0 radical (unpaired) electrons. The summed E-state index contributed by atoms with van der Waals surface area (Å²) in [7, 11) is 2.65. The van der Waals surface area contributed by atoms with Crippen molar-refractivity contribution in [3.63, 3.8) is 0 Å². The van der Waals surface area contributed by atoms with Crippen LogP contribution in [-0.4, -0.2) is 54.7 Å². The number of ketones is 3. The van der Waals surface area contributed by atoms with E-state index in [1.165, 1.54) is 14.2 Å². The van der Waals surface area contributed by atoms with Crippen molar-refractivity contribution in [3.8, 4) is 0 Å². The summed E-state index contributed by atoms with van der Waals surface area (Å²) in [6.07, 6.45) is -2.34. The first-order valence-corrected chi connectivity index (χ1v) is 13.5. The van der Waals surface area contributed by atoms with Gasteiger partial charge in [0.1, 0.15) is 18.2 Å². The number of Topliss-reactive ketones (excluding diaryl/α,β-unsaturated/α-hetero) is 3. The second kappa shape index (κ2) is 12.5. The SMILES string of the molecule is CO[C@H](C(=O)C1NC(C(=O)O)C(C(=O)[C@@H](OC)c2ccc(Cl)cc2)C1C(=O)c1cccs1)c1ccc(Cl)cc1. The van der Waals surface area contributed by atoms with Crippen LogP contribution in [0.25, 0.3) is 0 Å². The predicted octanol–water partition coefficient (Wildman–Crippen LogP) is 4.81. The number of carboxylic acid groups (broad SMARTS) is 1. The average molecular weight is 590 g/mol. The van der Waals surface area contributed by atoms with Gasteiger partial charge in [-0.1, -0.05) is 53.5 Å². The molecule has 204 valence electrons. The summed E-state index contributed by atoms with van der Waals surface area (Å²) in [4.78, 5) is 54.5. The molecular weight excluding hydrogens is 565 g/mol. The smallest absolute Gasteiger partial charge is 0.321 e. The molecule has 1 fully saturated rings. The molecule has 0 aliphatic carbocycles. The molecule has 2 aromatic carbocycles. The molecule has 1 aliphatic heterocycles. The first kappa shape index (κ1) is 29.1. The zero-order chi connectivity index (χ0) is 28.3. The highest BCUT2D eigenvalue weighted by Crippen LogP contribution is 2.39. The minimum absolute atomic E-state index is 0.296. The van der Waals surface area contributed by atoms with Crippen molar-refractivity contribution in [2.45, 2.75) is 24.3 Å². The molecule has 39 heavy (non-hydrogen) atoms. The van der Waals surface area contributed by atoms with Crippen molar-refractivity contribution in [1.29, 1.82) is 0 Å². The standard InChI is InChI=1S/C28H25Cl2NO7S/c1-37-26(14-5-9-16(29)10-6-14)24(33)20-19(23(32)18-4-3-13-39-18)21(31-22(20)28(35)36)25(34)27(38-2)15-7-11-17(30)12-8-15/h3-13,19-22,26-27,31H,1-2H3,(H,35,36)/t19?,20?,21?,22?,26-,27-/m0/s1. The van der Waals surface area contributed by atoms with Gasteiger partial charge in [-0.15, -0.1) is 11.3 Å². The monoisotopic (exact) mass is 589 g/mol. The maximum atomic E-state index is 14.0. The lowest BCUT2D eigenvalue weighted by Gasteiger charge is -2.26. The lowest BCUT2D eigenvalue weighted by molar-refractivity contribution is -0.145. The Hall–Kier alpha value is -2.92. The molecule has 0 spiro atoms. The number of rotatable bonds is 11. The average Bonchev–Trinajstić information content (AvgIpc) is 3.60. The van der Waals surface area contributed by atoms with Gasteiger partial charge in [0, 0.05) is 24.3 Å². The Morgan fingerprint density at radius 1 is 0.795 bits per heavy atom. The van der Waals surface area contributed by atoms with Gasteiger partial charge in [-0.2, -0.15) is 0 Å². The zero-order valence-electron chi connectivity index (χ0n) is 20.9. The number of hydrogen-bond donors (Lipinski definition) is 2. The number of carbonyl (C=O) groups excluding carboxylic acids is 3. The second-order valence-electron chi connectivity index (χ2n) is 8.99. The summed E-state index contributed by atoms with van der Waals surface area (Å²) >= 11 is 13.1. The molecule has 8 nitrogen and oxygen atoms in total. The summed E-state index contributed by atoms with van der Waals surface area (Å²) in [5.41, 5.74) is 0.901. The zero-order valence-corrected chi connectivity index (χ0v) is 23.2. The molecule has 1 aliphatic rings. The van der Waals surface area contributed by atoms with Crippen molar-refractivity contribution >= 4 is 57.9 Å².